The van der Waals surface area contributed by atoms with Gasteiger partial charge in [0.2, 0.25) is 5.75 Å². The number of aromatic hydroxyl groups is 1. The van der Waals surface area contributed by atoms with Crippen molar-refractivity contribution in [3.05, 3.63) is 74.9 Å². The molecule has 0 radical (unpaired) electrons. The van der Waals surface area contributed by atoms with Gasteiger partial charge in [0.15, 0.2) is 11.5 Å². The van der Waals surface area contributed by atoms with Crippen LogP contribution in [-0.4, -0.2) is 34.7 Å². The Morgan fingerprint density at radius 3 is 2.24 bits per heavy atom. The third kappa shape index (κ3) is 3.98. The van der Waals surface area contributed by atoms with Gasteiger partial charge in [-0.05, 0) is 24.3 Å². The zero-order chi connectivity index (χ0) is 21.0. The first-order chi connectivity index (χ1) is 14.0. The fourth-order valence-electron chi connectivity index (χ4n) is 2.70. The summed E-state index contributed by atoms with van der Waals surface area (Å²) in [6.07, 6.45) is 1.45. The predicted molar refractivity (Wildman–Crippen MR) is 110 cm³/mol. The molecule has 1 aromatic heterocycles. The number of phenolic OH excluding ortho intramolecular Hbond substituents is 1. The summed E-state index contributed by atoms with van der Waals surface area (Å²) in [5.41, 5.74) is 2.92. The van der Waals surface area contributed by atoms with E-state index in [-0.39, 0.29) is 23.1 Å². The quantitative estimate of drug-likeness (QED) is 0.485. The molecule has 0 unspecified atom stereocenters. The second kappa shape index (κ2) is 8.34. The first-order valence-corrected chi connectivity index (χ1v) is 8.59. The Bertz CT molecular complexity index is 1140. The van der Waals surface area contributed by atoms with Crippen LogP contribution in [0.5, 0.6) is 17.2 Å². The van der Waals surface area contributed by atoms with Crippen LogP contribution in [-0.2, 0) is 7.05 Å². The van der Waals surface area contributed by atoms with Crippen LogP contribution in [0.2, 0.25) is 0 Å². The number of hydrogen-bond donors (Lipinski definition) is 2. The van der Waals surface area contributed by atoms with Crippen molar-refractivity contribution in [3.8, 4) is 22.9 Å². The van der Waals surface area contributed by atoms with E-state index in [9.17, 15) is 14.7 Å². The number of benzene rings is 2. The molecule has 0 aliphatic heterocycles. The number of anilines is 1. The van der Waals surface area contributed by atoms with Gasteiger partial charge in [0.25, 0.3) is 5.56 Å². The summed E-state index contributed by atoms with van der Waals surface area (Å²) in [5, 5.41) is 14.1. The molecule has 1 heterocycles. The SMILES string of the molecule is COc1cc(/C=N/Nc2cc(=O)n(C)c(=O)n2-c2ccccc2)cc(OC)c1O. The van der Waals surface area contributed by atoms with Crippen molar-refractivity contribution in [1.29, 1.82) is 0 Å². The molecule has 0 aliphatic rings. The molecule has 0 amide bonds. The van der Waals surface area contributed by atoms with E-state index in [0.717, 1.165) is 4.57 Å². The standard InChI is InChI=1S/C20H20N4O5/c1-23-18(25)11-17(24(20(23)27)14-7-5-4-6-8-14)22-21-12-13-9-15(28-2)19(26)16(10-13)29-3/h4-12,22,26H,1-3H3/b21-12+. The topological polar surface area (TPSA) is 107 Å². The Hall–Kier alpha value is -4.01. The van der Waals surface area contributed by atoms with Gasteiger partial charge in [-0.25, -0.2) is 9.36 Å². The Morgan fingerprint density at radius 1 is 1.03 bits per heavy atom. The van der Waals surface area contributed by atoms with E-state index in [1.54, 1.807) is 36.4 Å². The summed E-state index contributed by atoms with van der Waals surface area (Å²) < 4.78 is 12.6. The average molecular weight is 396 g/mol. The number of phenols is 1. The molecule has 0 fully saturated rings. The lowest BCUT2D eigenvalue weighted by Crippen LogP contribution is -2.37. The second-order valence-electron chi connectivity index (χ2n) is 6.02. The molecular formula is C20H20N4O5. The molecule has 9 heteroatoms. The van der Waals surface area contributed by atoms with Gasteiger partial charge in [-0.2, -0.15) is 5.10 Å². The van der Waals surface area contributed by atoms with Crippen LogP contribution in [0.25, 0.3) is 5.69 Å². The molecule has 0 spiro atoms. The highest BCUT2D eigenvalue weighted by Crippen LogP contribution is 2.36. The van der Waals surface area contributed by atoms with Gasteiger partial charge in [0.1, 0.15) is 5.82 Å². The minimum Gasteiger partial charge on any atom is -0.502 e. The van der Waals surface area contributed by atoms with Crippen LogP contribution in [0.4, 0.5) is 5.82 Å². The van der Waals surface area contributed by atoms with E-state index in [1.807, 2.05) is 6.07 Å². The molecular weight excluding hydrogens is 376 g/mol. The maximum atomic E-state index is 12.6. The lowest BCUT2D eigenvalue weighted by Gasteiger charge is -2.13. The lowest BCUT2D eigenvalue weighted by molar-refractivity contribution is 0.340. The summed E-state index contributed by atoms with van der Waals surface area (Å²) in [6, 6.07) is 13.3. The maximum absolute atomic E-state index is 12.6. The highest BCUT2D eigenvalue weighted by atomic mass is 16.5. The minimum atomic E-state index is -0.505. The largest absolute Gasteiger partial charge is 0.502 e. The fraction of sp³-hybridized carbons (Fsp3) is 0.150. The van der Waals surface area contributed by atoms with Crippen LogP contribution in [0, 0.1) is 0 Å². The van der Waals surface area contributed by atoms with Crippen LogP contribution in [0.15, 0.2) is 63.2 Å². The number of ether oxygens (including phenoxy) is 2. The van der Waals surface area contributed by atoms with Crippen LogP contribution in [0.1, 0.15) is 5.56 Å². The monoisotopic (exact) mass is 396 g/mol. The van der Waals surface area contributed by atoms with Crippen molar-refractivity contribution in [1.82, 2.24) is 9.13 Å². The number of hydrazone groups is 1. The van der Waals surface area contributed by atoms with Crippen molar-refractivity contribution >= 4 is 12.0 Å². The van der Waals surface area contributed by atoms with Gasteiger partial charge < -0.3 is 14.6 Å². The van der Waals surface area contributed by atoms with Crippen molar-refractivity contribution in [3.63, 3.8) is 0 Å². The average Bonchev–Trinajstić information content (AvgIpc) is 2.73. The molecule has 0 saturated heterocycles. The van der Waals surface area contributed by atoms with Crippen molar-refractivity contribution in [2.75, 3.05) is 19.6 Å². The van der Waals surface area contributed by atoms with E-state index in [0.29, 0.717) is 11.3 Å². The Morgan fingerprint density at radius 2 is 1.66 bits per heavy atom. The third-order valence-electron chi connectivity index (χ3n) is 4.22. The highest BCUT2D eigenvalue weighted by Gasteiger charge is 2.12. The fourth-order valence-corrected chi connectivity index (χ4v) is 2.70. The second-order valence-corrected chi connectivity index (χ2v) is 6.02. The maximum Gasteiger partial charge on any atom is 0.336 e. The zero-order valence-corrected chi connectivity index (χ0v) is 16.1. The lowest BCUT2D eigenvalue weighted by atomic mass is 10.2. The van der Waals surface area contributed by atoms with Gasteiger partial charge in [-0.3, -0.25) is 14.8 Å². The molecule has 0 saturated carbocycles. The van der Waals surface area contributed by atoms with Gasteiger partial charge in [0.05, 0.1) is 26.1 Å². The number of nitrogens with zero attached hydrogens (tertiary/aromatic N) is 3. The first kappa shape index (κ1) is 19.7. The Labute approximate surface area is 166 Å². The van der Waals surface area contributed by atoms with E-state index in [2.05, 4.69) is 10.5 Å². The Balaban J connectivity index is 2.00. The number of methoxy groups -OCH3 is 2. The first-order valence-electron chi connectivity index (χ1n) is 8.59. The summed E-state index contributed by atoms with van der Waals surface area (Å²) in [4.78, 5) is 24.7. The molecule has 0 atom stereocenters. The zero-order valence-electron chi connectivity index (χ0n) is 16.1. The van der Waals surface area contributed by atoms with Gasteiger partial charge in [0, 0.05) is 18.7 Å². The van der Waals surface area contributed by atoms with Crippen LogP contribution in [0.3, 0.4) is 0 Å². The number of aromatic nitrogens is 2. The normalized spacial score (nSPS) is 10.9. The van der Waals surface area contributed by atoms with Crippen molar-refractivity contribution in [2.24, 2.45) is 12.1 Å². The molecule has 0 aliphatic carbocycles. The predicted octanol–water partition coefficient (Wildman–Crippen LogP) is 1.70. The van der Waals surface area contributed by atoms with Gasteiger partial charge >= 0.3 is 5.69 Å². The molecule has 9 nitrogen and oxygen atoms in total. The molecule has 3 rings (SSSR count). The smallest absolute Gasteiger partial charge is 0.336 e. The summed E-state index contributed by atoms with van der Waals surface area (Å²) in [7, 11) is 4.25. The van der Waals surface area contributed by atoms with E-state index in [4.69, 9.17) is 9.47 Å². The molecule has 29 heavy (non-hydrogen) atoms. The van der Waals surface area contributed by atoms with E-state index < -0.39 is 11.2 Å². The number of para-hydroxylation sites is 1. The van der Waals surface area contributed by atoms with Gasteiger partial charge in [-0.1, -0.05) is 18.2 Å². The van der Waals surface area contributed by atoms with Gasteiger partial charge in [-0.15, -0.1) is 0 Å². The van der Waals surface area contributed by atoms with Crippen LogP contribution >= 0.6 is 0 Å². The van der Waals surface area contributed by atoms with Crippen molar-refractivity contribution < 1.29 is 14.6 Å². The summed E-state index contributed by atoms with van der Waals surface area (Å²) in [6.45, 7) is 0. The summed E-state index contributed by atoms with van der Waals surface area (Å²) >= 11 is 0. The Kier molecular flexibility index (Phi) is 5.68. The number of nitrogens with one attached hydrogen (secondary N) is 1. The molecule has 2 aromatic carbocycles. The number of hydrogen-bond acceptors (Lipinski definition) is 7. The highest BCUT2D eigenvalue weighted by molar-refractivity contribution is 5.82. The number of rotatable bonds is 6. The molecule has 0 bridgehead atoms. The molecule has 2 N–H and O–H groups in total. The van der Waals surface area contributed by atoms with Crippen molar-refractivity contribution in [2.45, 2.75) is 0 Å². The van der Waals surface area contributed by atoms with E-state index >= 15 is 0 Å². The molecule has 150 valence electrons. The third-order valence-corrected chi connectivity index (χ3v) is 4.22. The van der Waals surface area contributed by atoms with Crippen LogP contribution < -0.4 is 26.1 Å². The van der Waals surface area contributed by atoms with E-state index in [1.165, 1.54) is 38.1 Å². The minimum absolute atomic E-state index is 0.121. The summed E-state index contributed by atoms with van der Waals surface area (Å²) in [5.74, 6) is 0.531. The molecule has 3 aromatic rings.